The minimum Gasteiger partial charge on any atom is -0.346 e. The van der Waals surface area contributed by atoms with E-state index in [1.807, 2.05) is 29.1 Å². The summed E-state index contributed by atoms with van der Waals surface area (Å²) in [6, 6.07) is 13.5. The molecule has 0 aliphatic carbocycles. The average molecular weight is 361 g/mol. The van der Waals surface area contributed by atoms with Crippen molar-refractivity contribution in [3.63, 3.8) is 0 Å². The largest absolute Gasteiger partial charge is 0.346 e. The lowest BCUT2D eigenvalue weighted by atomic mass is 10.0. The van der Waals surface area contributed by atoms with E-state index in [4.69, 9.17) is 11.6 Å². The minimum absolute atomic E-state index is 0.0571. The van der Waals surface area contributed by atoms with Crippen molar-refractivity contribution in [3.05, 3.63) is 89.2 Å². The summed E-state index contributed by atoms with van der Waals surface area (Å²) in [7, 11) is 0. The molecule has 1 heterocycles. The second-order valence-corrected chi connectivity index (χ2v) is 5.99. The molecule has 6 heteroatoms. The lowest BCUT2D eigenvalue weighted by Crippen LogP contribution is -2.19. The maximum atomic E-state index is 13.2. The van der Waals surface area contributed by atoms with Crippen LogP contribution in [-0.4, -0.2) is 10.5 Å². The Hall–Kier alpha value is -2.66. The predicted octanol–water partition coefficient (Wildman–Crippen LogP) is 5.04. The highest BCUT2D eigenvalue weighted by Crippen LogP contribution is 2.24. The first-order valence-electron chi connectivity index (χ1n) is 7.66. The minimum atomic E-state index is -0.545. The summed E-state index contributed by atoms with van der Waals surface area (Å²) in [6.45, 7) is 0. The van der Waals surface area contributed by atoms with Crippen LogP contribution < -0.4 is 5.32 Å². The SMILES string of the molecule is O=C(C[C@@H](c1ccc(F)cc1)n1cccc1)Nc1ccc(F)c(Cl)c1. The zero-order valence-corrected chi connectivity index (χ0v) is 13.9. The quantitative estimate of drug-likeness (QED) is 0.679. The van der Waals surface area contributed by atoms with Crippen molar-refractivity contribution in [3.8, 4) is 0 Å². The fourth-order valence-electron chi connectivity index (χ4n) is 2.60. The van der Waals surface area contributed by atoms with E-state index in [0.717, 1.165) is 5.56 Å². The summed E-state index contributed by atoms with van der Waals surface area (Å²) in [6.07, 6.45) is 3.82. The predicted molar refractivity (Wildman–Crippen MR) is 93.6 cm³/mol. The lowest BCUT2D eigenvalue weighted by Gasteiger charge is -2.19. The third kappa shape index (κ3) is 4.25. The number of nitrogens with zero attached hydrogens (tertiary/aromatic N) is 1. The third-order valence-electron chi connectivity index (χ3n) is 3.82. The van der Waals surface area contributed by atoms with Crippen LogP contribution in [0, 0.1) is 11.6 Å². The molecule has 3 nitrogen and oxygen atoms in total. The summed E-state index contributed by atoms with van der Waals surface area (Å²) in [5, 5.41) is 2.65. The van der Waals surface area contributed by atoms with Crippen LogP contribution in [0.25, 0.3) is 0 Å². The van der Waals surface area contributed by atoms with Crippen molar-refractivity contribution >= 4 is 23.2 Å². The van der Waals surface area contributed by atoms with Crippen molar-refractivity contribution in [1.29, 1.82) is 0 Å². The molecular weight excluding hydrogens is 346 g/mol. The van der Waals surface area contributed by atoms with E-state index in [9.17, 15) is 13.6 Å². The van der Waals surface area contributed by atoms with Gasteiger partial charge in [0.1, 0.15) is 11.6 Å². The first-order chi connectivity index (χ1) is 12.0. The van der Waals surface area contributed by atoms with Crippen LogP contribution in [-0.2, 0) is 4.79 Å². The molecule has 1 N–H and O–H groups in total. The Kier molecular flexibility index (Phi) is 5.14. The maximum absolute atomic E-state index is 13.2. The first-order valence-corrected chi connectivity index (χ1v) is 8.03. The number of hydrogen-bond acceptors (Lipinski definition) is 1. The normalized spacial score (nSPS) is 12.0. The van der Waals surface area contributed by atoms with Crippen LogP contribution in [0.3, 0.4) is 0 Å². The zero-order chi connectivity index (χ0) is 17.8. The Morgan fingerprint density at radius 2 is 1.76 bits per heavy atom. The molecule has 0 fully saturated rings. The second-order valence-electron chi connectivity index (χ2n) is 5.58. The molecule has 25 heavy (non-hydrogen) atoms. The summed E-state index contributed by atoms with van der Waals surface area (Å²) in [4.78, 5) is 12.4. The van der Waals surface area contributed by atoms with Crippen LogP contribution >= 0.6 is 11.6 Å². The monoisotopic (exact) mass is 360 g/mol. The summed E-state index contributed by atoms with van der Waals surface area (Å²) in [5.74, 6) is -1.14. The lowest BCUT2D eigenvalue weighted by molar-refractivity contribution is -0.116. The fraction of sp³-hybridized carbons (Fsp3) is 0.105. The maximum Gasteiger partial charge on any atom is 0.226 e. The molecule has 0 bridgehead atoms. The molecule has 0 saturated carbocycles. The van der Waals surface area contributed by atoms with E-state index < -0.39 is 5.82 Å². The van der Waals surface area contributed by atoms with E-state index in [0.29, 0.717) is 5.69 Å². The summed E-state index contributed by atoms with van der Waals surface area (Å²) >= 11 is 5.73. The number of rotatable bonds is 5. The molecule has 0 saturated heterocycles. The van der Waals surface area contributed by atoms with Gasteiger partial charge in [-0.15, -0.1) is 0 Å². The average Bonchev–Trinajstić information content (AvgIpc) is 3.11. The van der Waals surface area contributed by atoms with Gasteiger partial charge in [0.2, 0.25) is 5.91 Å². The molecule has 128 valence electrons. The first kappa shape index (κ1) is 17.2. The molecule has 1 aromatic heterocycles. The molecule has 0 unspecified atom stereocenters. The van der Waals surface area contributed by atoms with E-state index >= 15 is 0 Å². The highest BCUT2D eigenvalue weighted by Gasteiger charge is 2.18. The highest BCUT2D eigenvalue weighted by atomic mass is 35.5. The summed E-state index contributed by atoms with van der Waals surface area (Å²) < 4.78 is 28.3. The number of nitrogens with one attached hydrogen (secondary N) is 1. The number of anilines is 1. The fourth-order valence-corrected chi connectivity index (χ4v) is 2.78. The molecule has 1 atom stereocenters. The van der Waals surface area contributed by atoms with Crippen molar-refractivity contribution in [1.82, 2.24) is 4.57 Å². The molecule has 3 aromatic rings. The van der Waals surface area contributed by atoms with Gasteiger partial charge in [-0.2, -0.15) is 0 Å². The van der Waals surface area contributed by atoms with Crippen molar-refractivity contribution in [2.75, 3.05) is 5.32 Å². The number of carbonyl (C=O) groups is 1. The highest BCUT2D eigenvalue weighted by molar-refractivity contribution is 6.31. The van der Waals surface area contributed by atoms with Crippen molar-refractivity contribution in [2.24, 2.45) is 0 Å². The van der Waals surface area contributed by atoms with Gasteiger partial charge < -0.3 is 9.88 Å². The Morgan fingerprint density at radius 3 is 2.40 bits per heavy atom. The van der Waals surface area contributed by atoms with Gasteiger partial charge in [-0.3, -0.25) is 4.79 Å². The van der Waals surface area contributed by atoms with Crippen molar-refractivity contribution < 1.29 is 13.6 Å². The Balaban J connectivity index is 1.79. The third-order valence-corrected chi connectivity index (χ3v) is 4.11. The number of benzene rings is 2. The molecule has 0 aliphatic rings. The van der Waals surface area contributed by atoms with E-state index in [-0.39, 0.29) is 29.2 Å². The number of amides is 1. The Morgan fingerprint density at radius 1 is 1.08 bits per heavy atom. The Bertz CT molecular complexity index is 864. The van der Waals surface area contributed by atoms with Crippen molar-refractivity contribution in [2.45, 2.75) is 12.5 Å². The number of aromatic nitrogens is 1. The van der Waals surface area contributed by atoms with E-state index in [1.165, 1.54) is 30.3 Å². The topological polar surface area (TPSA) is 34.0 Å². The smallest absolute Gasteiger partial charge is 0.226 e. The van der Waals surface area contributed by atoms with Crippen LogP contribution in [0.1, 0.15) is 18.0 Å². The van der Waals surface area contributed by atoms with Gasteiger partial charge in [0.25, 0.3) is 0 Å². The van der Waals surface area contributed by atoms with Crippen LogP contribution in [0.2, 0.25) is 5.02 Å². The molecular formula is C19H15ClF2N2O. The van der Waals surface area contributed by atoms with Gasteiger partial charge in [0, 0.05) is 18.1 Å². The van der Waals surface area contributed by atoms with Gasteiger partial charge in [-0.05, 0) is 48.0 Å². The molecule has 0 aliphatic heterocycles. The van der Waals surface area contributed by atoms with Gasteiger partial charge in [-0.1, -0.05) is 23.7 Å². The zero-order valence-electron chi connectivity index (χ0n) is 13.1. The van der Waals surface area contributed by atoms with E-state index in [2.05, 4.69) is 5.32 Å². The molecule has 2 aromatic carbocycles. The van der Waals surface area contributed by atoms with Crippen LogP contribution in [0.15, 0.2) is 67.0 Å². The van der Waals surface area contributed by atoms with Crippen LogP contribution in [0.4, 0.5) is 14.5 Å². The van der Waals surface area contributed by atoms with Gasteiger partial charge in [-0.25, -0.2) is 8.78 Å². The number of carbonyl (C=O) groups excluding carboxylic acids is 1. The summed E-state index contributed by atoms with van der Waals surface area (Å²) in [5.41, 5.74) is 1.23. The van der Waals surface area contributed by atoms with Gasteiger partial charge in [0.15, 0.2) is 0 Å². The van der Waals surface area contributed by atoms with Gasteiger partial charge in [0.05, 0.1) is 17.5 Å². The number of hydrogen-bond donors (Lipinski definition) is 1. The molecule has 0 spiro atoms. The molecule has 0 radical (unpaired) electrons. The Labute approximate surface area is 148 Å². The van der Waals surface area contributed by atoms with Gasteiger partial charge >= 0.3 is 0 Å². The second kappa shape index (κ2) is 7.49. The molecule has 3 rings (SSSR count). The number of halogens is 3. The van der Waals surface area contributed by atoms with E-state index in [1.54, 1.807) is 12.1 Å². The standard InChI is InChI=1S/C19H15ClF2N2O/c20-16-11-15(7-8-17(16)22)23-19(25)12-18(24-9-1-2-10-24)13-3-5-14(21)6-4-13/h1-11,18H,12H2,(H,23,25)/t18-/m0/s1. The molecule has 1 amide bonds. The van der Waals surface area contributed by atoms with Crippen LogP contribution in [0.5, 0.6) is 0 Å².